The molecular formula is C23H27ClN6O3. The van der Waals surface area contributed by atoms with E-state index in [0.29, 0.717) is 34.1 Å². The Balaban J connectivity index is 1.58. The number of anilines is 3. The lowest BCUT2D eigenvalue weighted by atomic mass is 9.92. The Morgan fingerprint density at radius 1 is 1.27 bits per heavy atom. The number of carbonyl (C=O) groups is 1. The van der Waals surface area contributed by atoms with Gasteiger partial charge in [-0.1, -0.05) is 25.4 Å². The van der Waals surface area contributed by atoms with Gasteiger partial charge in [0.2, 0.25) is 5.95 Å². The van der Waals surface area contributed by atoms with Crippen molar-refractivity contribution in [2.45, 2.75) is 20.3 Å². The predicted molar refractivity (Wildman–Crippen MR) is 130 cm³/mol. The first-order valence-corrected chi connectivity index (χ1v) is 11.2. The van der Waals surface area contributed by atoms with Crippen molar-refractivity contribution >= 4 is 45.9 Å². The van der Waals surface area contributed by atoms with Crippen molar-refractivity contribution in [1.29, 1.82) is 0 Å². The summed E-state index contributed by atoms with van der Waals surface area (Å²) < 4.78 is 5.35. The zero-order chi connectivity index (χ0) is 23.5. The number of aromatic nitrogens is 3. The Morgan fingerprint density at radius 3 is 2.76 bits per heavy atom. The van der Waals surface area contributed by atoms with E-state index >= 15 is 0 Å². The molecule has 1 amide bonds. The SMILES string of the molecule is CNC(=O)COc1cc2cc(Nc3nc(N4CC(C)CC(C)C4)ncc3Cl)ccc2[nH]c1=O. The van der Waals surface area contributed by atoms with Crippen molar-refractivity contribution in [2.24, 2.45) is 11.8 Å². The van der Waals surface area contributed by atoms with Crippen LogP contribution in [0, 0.1) is 11.8 Å². The Labute approximate surface area is 196 Å². The number of pyridine rings is 1. The number of nitrogens with zero attached hydrogens (tertiary/aromatic N) is 3. The highest BCUT2D eigenvalue weighted by atomic mass is 35.5. The van der Waals surface area contributed by atoms with E-state index in [-0.39, 0.29) is 18.3 Å². The minimum Gasteiger partial charge on any atom is -0.478 e. The van der Waals surface area contributed by atoms with Gasteiger partial charge >= 0.3 is 0 Å². The van der Waals surface area contributed by atoms with Crippen LogP contribution in [-0.2, 0) is 4.79 Å². The maximum Gasteiger partial charge on any atom is 0.290 e. The van der Waals surface area contributed by atoms with E-state index in [4.69, 9.17) is 16.3 Å². The maximum atomic E-state index is 12.2. The molecule has 1 saturated heterocycles. The number of H-pyrrole nitrogens is 1. The van der Waals surface area contributed by atoms with Crippen molar-refractivity contribution in [3.8, 4) is 5.75 Å². The molecule has 2 atom stereocenters. The first kappa shape index (κ1) is 22.8. The van der Waals surface area contributed by atoms with E-state index in [1.165, 1.54) is 13.5 Å². The van der Waals surface area contributed by atoms with E-state index in [1.54, 1.807) is 18.3 Å². The van der Waals surface area contributed by atoms with Crippen molar-refractivity contribution in [1.82, 2.24) is 20.3 Å². The third kappa shape index (κ3) is 5.36. The highest BCUT2D eigenvalue weighted by molar-refractivity contribution is 6.32. The fraction of sp³-hybridized carbons (Fsp3) is 0.391. The zero-order valence-electron chi connectivity index (χ0n) is 18.8. The topological polar surface area (TPSA) is 112 Å². The van der Waals surface area contributed by atoms with Gasteiger partial charge in [-0.15, -0.1) is 0 Å². The minimum absolute atomic E-state index is 0.0685. The highest BCUT2D eigenvalue weighted by Gasteiger charge is 2.24. The summed E-state index contributed by atoms with van der Waals surface area (Å²) in [6.45, 7) is 6.06. The smallest absolute Gasteiger partial charge is 0.290 e. The molecule has 33 heavy (non-hydrogen) atoms. The third-order valence-electron chi connectivity index (χ3n) is 5.59. The fourth-order valence-corrected chi connectivity index (χ4v) is 4.29. The van der Waals surface area contributed by atoms with E-state index in [9.17, 15) is 9.59 Å². The molecule has 0 bridgehead atoms. The van der Waals surface area contributed by atoms with Gasteiger partial charge in [0, 0.05) is 36.7 Å². The number of benzene rings is 1. The van der Waals surface area contributed by atoms with Crippen LogP contribution < -0.4 is 25.8 Å². The Bertz CT molecular complexity index is 1220. The number of rotatable bonds is 6. The van der Waals surface area contributed by atoms with E-state index < -0.39 is 5.56 Å². The van der Waals surface area contributed by atoms with Gasteiger partial charge in [-0.25, -0.2) is 4.98 Å². The summed E-state index contributed by atoms with van der Waals surface area (Å²) in [5, 5.41) is 6.85. The van der Waals surface area contributed by atoms with Crippen LogP contribution in [0.4, 0.5) is 17.5 Å². The number of piperidine rings is 1. The first-order valence-electron chi connectivity index (χ1n) is 10.9. The minimum atomic E-state index is -0.402. The van der Waals surface area contributed by atoms with Crippen LogP contribution in [0.5, 0.6) is 5.75 Å². The third-order valence-corrected chi connectivity index (χ3v) is 5.87. The number of aromatic amines is 1. The van der Waals surface area contributed by atoms with Crippen LogP contribution in [0.3, 0.4) is 0 Å². The van der Waals surface area contributed by atoms with E-state index in [0.717, 1.165) is 24.2 Å². The molecule has 1 fully saturated rings. The average molecular weight is 471 g/mol. The summed E-state index contributed by atoms with van der Waals surface area (Å²) in [6, 6.07) is 7.06. The largest absolute Gasteiger partial charge is 0.478 e. The van der Waals surface area contributed by atoms with Gasteiger partial charge in [-0.2, -0.15) is 4.98 Å². The number of nitrogens with one attached hydrogen (secondary N) is 3. The molecule has 3 N–H and O–H groups in total. The van der Waals surface area contributed by atoms with Crippen LogP contribution >= 0.6 is 11.6 Å². The number of hydrogen-bond acceptors (Lipinski definition) is 7. The summed E-state index contributed by atoms with van der Waals surface area (Å²) in [6.07, 6.45) is 2.81. The van der Waals surface area contributed by atoms with Crippen LogP contribution in [-0.4, -0.2) is 47.6 Å². The lowest BCUT2D eigenvalue weighted by Gasteiger charge is -2.35. The summed E-state index contributed by atoms with van der Waals surface area (Å²) in [5.74, 6) is 2.05. The molecule has 0 saturated carbocycles. The summed E-state index contributed by atoms with van der Waals surface area (Å²) in [5.41, 5.74) is 0.975. The molecule has 2 aromatic heterocycles. The van der Waals surface area contributed by atoms with Gasteiger partial charge in [0.15, 0.2) is 18.2 Å². The molecule has 0 radical (unpaired) electrons. The Kier molecular flexibility index (Phi) is 6.69. The second kappa shape index (κ2) is 9.66. The van der Waals surface area contributed by atoms with Crippen molar-refractivity contribution in [3.63, 3.8) is 0 Å². The molecule has 1 aliphatic rings. The second-order valence-electron chi connectivity index (χ2n) is 8.57. The van der Waals surface area contributed by atoms with Gasteiger partial charge < -0.3 is 25.3 Å². The van der Waals surface area contributed by atoms with Gasteiger partial charge in [-0.3, -0.25) is 9.59 Å². The second-order valence-corrected chi connectivity index (χ2v) is 8.98. The molecule has 3 heterocycles. The van der Waals surface area contributed by atoms with Crippen molar-refractivity contribution in [3.05, 3.63) is 45.8 Å². The van der Waals surface area contributed by atoms with Gasteiger partial charge in [0.05, 0.1) is 6.20 Å². The quantitative estimate of drug-likeness (QED) is 0.506. The number of halogens is 1. The number of hydrogen-bond donors (Lipinski definition) is 3. The lowest BCUT2D eigenvalue weighted by molar-refractivity contribution is -0.122. The fourth-order valence-electron chi connectivity index (χ4n) is 4.15. The van der Waals surface area contributed by atoms with Crippen molar-refractivity contribution in [2.75, 3.05) is 37.0 Å². The molecule has 0 aliphatic carbocycles. The monoisotopic (exact) mass is 470 g/mol. The van der Waals surface area contributed by atoms with Gasteiger partial charge in [0.1, 0.15) is 5.02 Å². The molecule has 0 spiro atoms. The first-order chi connectivity index (χ1) is 15.8. The number of carbonyl (C=O) groups excluding carboxylic acids is 1. The molecule has 9 nitrogen and oxygen atoms in total. The van der Waals surface area contributed by atoms with Crippen LogP contribution in [0.2, 0.25) is 5.02 Å². The molecule has 1 aromatic carbocycles. The molecule has 2 unspecified atom stereocenters. The molecule has 174 valence electrons. The molecule has 10 heteroatoms. The maximum absolute atomic E-state index is 12.2. The van der Waals surface area contributed by atoms with E-state index in [1.807, 2.05) is 12.1 Å². The van der Waals surface area contributed by atoms with Gasteiger partial charge in [-0.05, 0) is 42.5 Å². The van der Waals surface area contributed by atoms with Crippen LogP contribution in [0.15, 0.2) is 35.3 Å². The molecular weight excluding hydrogens is 444 g/mol. The number of fused-ring (bicyclic) bond motifs is 1. The number of likely N-dealkylation sites (N-methyl/N-ethyl adjacent to an activating group) is 1. The summed E-state index contributed by atoms with van der Waals surface area (Å²) >= 11 is 6.38. The summed E-state index contributed by atoms with van der Waals surface area (Å²) in [4.78, 5) is 37.7. The zero-order valence-corrected chi connectivity index (χ0v) is 19.6. The number of amides is 1. The lowest BCUT2D eigenvalue weighted by Crippen LogP contribution is -2.39. The van der Waals surface area contributed by atoms with Gasteiger partial charge in [0.25, 0.3) is 11.5 Å². The normalized spacial score (nSPS) is 18.2. The Hall–Kier alpha value is -3.33. The van der Waals surface area contributed by atoms with Crippen LogP contribution in [0.1, 0.15) is 20.3 Å². The van der Waals surface area contributed by atoms with Crippen LogP contribution in [0.25, 0.3) is 10.9 Å². The summed E-state index contributed by atoms with van der Waals surface area (Å²) in [7, 11) is 1.50. The van der Waals surface area contributed by atoms with Crippen molar-refractivity contribution < 1.29 is 9.53 Å². The van der Waals surface area contributed by atoms with E-state index in [2.05, 4.69) is 44.3 Å². The average Bonchev–Trinajstić information content (AvgIpc) is 2.78. The highest BCUT2D eigenvalue weighted by Crippen LogP contribution is 2.29. The number of ether oxygens (including phenoxy) is 1. The Morgan fingerprint density at radius 2 is 2.03 bits per heavy atom. The standard InChI is InChI=1S/C23H27ClN6O3/c1-13-6-14(2)11-30(10-13)23-26-9-17(24)21(29-23)27-16-4-5-18-15(7-16)8-19(22(32)28-18)33-12-20(31)25-3/h4-5,7-9,13-14H,6,10-12H2,1-3H3,(H,25,31)(H,28,32)(H,26,27,29). The molecule has 4 rings (SSSR count). The predicted octanol–water partition coefficient (Wildman–Crippen LogP) is 3.32. The molecule has 3 aromatic rings. The molecule has 1 aliphatic heterocycles.